The van der Waals surface area contributed by atoms with Crippen molar-refractivity contribution in [3.8, 4) is 0 Å². The minimum atomic E-state index is -0.503. The summed E-state index contributed by atoms with van der Waals surface area (Å²) in [5.74, 6) is -1.43. The van der Waals surface area contributed by atoms with E-state index >= 15 is 0 Å². The maximum Gasteiger partial charge on any atom is 0.333 e. The number of carbonyl (C=O) groups excluding carboxylic acids is 3. The van der Waals surface area contributed by atoms with Gasteiger partial charge in [0.25, 0.3) is 5.91 Å². The molecule has 1 amide bonds. The van der Waals surface area contributed by atoms with E-state index in [4.69, 9.17) is 4.74 Å². The van der Waals surface area contributed by atoms with Crippen molar-refractivity contribution >= 4 is 17.7 Å². The molecule has 0 aliphatic rings. The number of Topliss-reactive ketones (excluding diaryl/α,β-unsaturated/α-hetero) is 1. The van der Waals surface area contributed by atoms with E-state index in [9.17, 15) is 14.4 Å². The first kappa shape index (κ1) is 16.4. The highest BCUT2D eigenvalue weighted by atomic mass is 16.5. The van der Waals surface area contributed by atoms with Crippen LogP contribution in [0.25, 0.3) is 0 Å². The molecule has 5 heteroatoms. The first-order valence-electron chi connectivity index (χ1n) is 5.91. The van der Waals surface area contributed by atoms with Crippen molar-refractivity contribution in [3.05, 3.63) is 12.2 Å². The second-order valence-corrected chi connectivity index (χ2v) is 4.42. The Bertz CT molecular complexity index is 347. The van der Waals surface area contributed by atoms with E-state index in [2.05, 4.69) is 6.58 Å². The Labute approximate surface area is 108 Å². The number of hydrogen-bond acceptors (Lipinski definition) is 4. The lowest BCUT2D eigenvalue weighted by atomic mass is 10.2. The molecule has 0 fully saturated rings. The monoisotopic (exact) mass is 255 g/mol. The summed E-state index contributed by atoms with van der Waals surface area (Å²) in [6, 6.07) is -0.0572. The minimum Gasteiger partial charge on any atom is -0.462 e. The Morgan fingerprint density at radius 3 is 2.17 bits per heavy atom. The second-order valence-electron chi connectivity index (χ2n) is 4.42. The summed E-state index contributed by atoms with van der Waals surface area (Å²) in [5.41, 5.74) is 0.343. The van der Waals surface area contributed by atoms with Crippen LogP contribution in [0.4, 0.5) is 0 Å². The van der Waals surface area contributed by atoms with Crippen molar-refractivity contribution in [3.63, 3.8) is 0 Å². The van der Waals surface area contributed by atoms with Gasteiger partial charge in [0.15, 0.2) is 0 Å². The van der Waals surface area contributed by atoms with Crippen LogP contribution in [0.3, 0.4) is 0 Å². The molecule has 0 heterocycles. The van der Waals surface area contributed by atoms with E-state index in [-0.39, 0.29) is 12.6 Å². The molecule has 0 atom stereocenters. The molecular weight excluding hydrogens is 234 g/mol. The Morgan fingerprint density at radius 2 is 1.78 bits per heavy atom. The van der Waals surface area contributed by atoms with Crippen LogP contribution < -0.4 is 0 Å². The SMILES string of the molecule is C=C(C)C(=O)OCCCN(C(=O)C(C)=O)C(C)C. The molecule has 0 aliphatic heterocycles. The van der Waals surface area contributed by atoms with Gasteiger partial charge in [-0.15, -0.1) is 0 Å². The van der Waals surface area contributed by atoms with Crippen LogP contribution in [0.1, 0.15) is 34.1 Å². The number of ether oxygens (including phenoxy) is 1. The van der Waals surface area contributed by atoms with Crippen LogP contribution in [0.2, 0.25) is 0 Å². The van der Waals surface area contributed by atoms with Crippen molar-refractivity contribution in [2.24, 2.45) is 0 Å². The molecule has 0 unspecified atom stereocenters. The second kappa shape index (κ2) is 7.63. The van der Waals surface area contributed by atoms with Crippen LogP contribution >= 0.6 is 0 Å². The number of nitrogens with zero attached hydrogens (tertiary/aromatic N) is 1. The van der Waals surface area contributed by atoms with Crippen molar-refractivity contribution in [2.75, 3.05) is 13.2 Å². The first-order chi connectivity index (χ1) is 8.27. The van der Waals surface area contributed by atoms with Crippen molar-refractivity contribution in [1.29, 1.82) is 0 Å². The maximum atomic E-state index is 11.6. The molecule has 0 aromatic rings. The Hall–Kier alpha value is -1.65. The third-order valence-corrected chi connectivity index (χ3v) is 2.31. The Morgan fingerprint density at radius 1 is 1.22 bits per heavy atom. The lowest BCUT2D eigenvalue weighted by Gasteiger charge is -2.25. The van der Waals surface area contributed by atoms with E-state index in [1.165, 1.54) is 11.8 Å². The fourth-order valence-electron chi connectivity index (χ4n) is 1.32. The summed E-state index contributed by atoms with van der Waals surface area (Å²) in [5, 5.41) is 0. The molecule has 0 aromatic carbocycles. The lowest BCUT2D eigenvalue weighted by Crippen LogP contribution is -2.41. The molecule has 0 radical (unpaired) electrons. The molecule has 0 bridgehead atoms. The van der Waals surface area contributed by atoms with Gasteiger partial charge in [-0.3, -0.25) is 9.59 Å². The molecule has 0 saturated carbocycles. The fourth-order valence-corrected chi connectivity index (χ4v) is 1.32. The smallest absolute Gasteiger partial charge is 0.333 e. The number of hydrogen-bond donors (Lipinski definition) is 0. The van der Waals surface area contributed by atoms with Gasteiger partial charge in [0.2, 0.25) is 5.78 Å². The zero-order valence-electron chi connectivity index (χ0n) is 11.5. The van der Waals surface area contributed by atoms with Gasteiger partial charge in [-0.1, -0.05) is 6.58 Å². The molecule has 0 spiro atoms. The zero-order valence-corrected chi connectivity index (χ0v) is 11.5. The molecule has 0 saturated heterocycles. The van der Waals surface area contributed by atoms with Crippen LogP contribution in [0, 0.1) is 0 Å². The molecular formula is C13H21NO4. The van der Waals surface area contributed by atoms with Gasteiger partial charge in [-0.2, -0.15) is 0 Å². The van der Waals surface area contributed by atoms with E-state index in [0.29, 0.717) is 18.5 Å². The van der Waals surface area contributed by atoms with Crippen LogP contribution in [0.5, 0.6) is 0 Å². The average molecular weight is 255 g/mol. The van der Waals surface area contributed by atoms with Crippen molar-refractivity contribution in [2.45, 2.75) is 40.2 Å². The maximum absolute atomic E-state index is 11.6. The van der Waals surface area contributed by atoms with Gasteiger partial charge in [0.1, 0.15) is 0 Å². The van der Waals surface area contributed by atoms with Crippen LogP contribution in [0.15, 0.2) is 12.2 Å². The number of rotatable bonds is 7. The fraction of sp³-hybridized carbons (Fsp3) is 0.615. The summed E-state index contributed by atoms with van der Waals surface area (Å²) in [6.07, 6.45) is 0.496. The largest absolute Gasteiger partial charge is 0.462 e. The predicted octanol–water partition coefficient (Wildman–Crippen LogP) is 1.32. The summed E-state index contributed by atoms with van der Waals surface area (Å²) in [7, 11) is 0. The summed E-state index contributed by atoms with van der Waals surface area (Å²) < 4.78 is 4.91. The predicted molar refractivity (Wildman–Crippen MR) is 67.9 cm³/mol. The standard InChI is InChI=1S/C13H21NO4/c1-9(2)13(17)18-8-6-7-14(10(3)4)12(16)11(5)15/h10H,1,6-8H2,2-5H3. The number of ketones is 1. The molecule has 0 aromatic heterocycles. The third-order valence-electron chi connectivity index (χ3n) is 2.31. The lowest BCUT2D eigenvalue weighted by molar-refractivity contribution is -0.145. The van der Waals surface area contributed by atoms with E-state index in [0.717, 1.165) is 0 Å². The molecule has 0 aliphatic carbocycles. The van der Waals surface area contributed by atoms with E-state index in [1.54, 1.807) is 6.92 Å². The third kappa shape index (κ3) is 5.61. The van der Waals surface area contributed by atoms with Crippen molar-refractivity contribution in [1.82, 2.24) is 4.90 Å². The summed E-state index contributed by atoms with van der Waals surface area (Å²) in [6.45, 7) is 10.6. The highest BCUT2D eigenvalue weighted by molar-refractivity contribution is 6.35. The minimum absolute atomic E-state index is 0.0572. The highest BCUT2D eigenvalue weighted by Gasteiger charge is 2.20. The number of carbonyl (C=O) groups is 3. The number of esters is 1. The zero-order chi connectivity index (χ0) is 14.3. The molecule has 0 rings (SSSR count). The molecule has 18 heavy (non-hydrogen) atoms. The molecule has 5 nitrogen and oxygen atoms in total. The van der Waals surface area contributed by atoms with Crippen LogP contribution in [-0.2, 0) is 19.1 Å². The van der Waals surface area contributed by atoms with Gasteiger partial charge in [-0.25, -0.2) is 4.79 Å². The number of amides is 1. The van der Waals surface area contributed by atoms with Gasteiger partial charge in [0, 0.05) is 25.1 Å². The van der Waals surface area contributed by atoms with Gasteiger partial charge >= 0.3 is 5.97 Å². The molecule has 102 valence electrons. The van der Waals surface area contributed by atoms with E-state index in [1.807, 2.05) is 13.8 Å². The van der Waals surface area contributed by atoms with Crippen molar-refractivity contribution < 1.29 is 19.1 Å². The highest BCUT2D eigenvalue weighted by Crippen LogP contribution is 2.02. The van der Waals surface area contributed by atoms with E-state index < -0.39 is 17.7 Å². The first-order valence-corrected chi connectivity index (χ1v) is 5.91. The summed E-state index contributed by atoms with van der Waals surface area (Å²) >= 11 is 0. The Kier molecular flexibility index (Phi) is 6.93. The van der Waals surface area contributed by atoms with Gasteiger partial charge in [0.05, 0.1) is 6.61 Å². The van der Waals surface area contributed by atoms with Crippen LogP contribution in [-0.4, -0.2) is 41.8 Å². The van der Waals surface area contributed by atoms with Gasteiger partial charge < -0.3 is 9.64 Å². The summed E-state index contributed by atoms with van der Waals surface area (Å²) in [4.78, 5) is 35.2. The average Bonchev–Trinajstić information content (AvgIpc) is 2.26. The van der Waals surface area contributed by atoms with Gasteiger partial charge in [-0.05, 0) is 27.2 Å². The quantitative estimate of drug-likeness (QED) is 0.298. The Balaban J connectivity index is 4.15. The topological polar surface area (TPSA) is 63.7 Å². The molecule has 0 N–H and O–H groups in total. The normalized spacial score (nSPS) is 10.1.